The molecule has 4 rings (SSSR count). The second-order valence-corrected chi connectivity index (χ2v) is 6.14. The molecular weight excluding hydrogens is 359 g/mol. The molecule has 27 heavy (non-hydrogen) atoms. The lowest BCUT2D eigenvalue weighted by Gasteiger charge is -2.10. The van der Waals surface area contributed by atoms with Crippen LogP contribution in [-0.2, 0) is 18.0 Å². The van der Waals surface area contributed by atoms with Crippen molar-refractivity contribution in [2.75, 3.05) is 7.11 Å². The fourth-order valence-electron chi connectivity index (χ4n) is 3.20. The van der Waals surface area contributed by atoms with Gasteiger partial charge in [0.1, 0.15) is 5.52 Å². The fraction of sp³-hybridized carbons (Fsp3) is 0.158. The van der Waals surface area contributed by atoms with Crippen molar-refractivity contribution >= 4 is 27.9 Å². The van der Waals surface area contributed by atoms with Crippen LogP contribution in [0.4, 0.5) is 13.2 Å². The first-order valence-corrected chi connectivity index (χ1v) is 8.03. The lowest BCUT2D eigenvalue weighted by atomic mass is 10.1. The number of nitrogens with zero attached hydrogens (tertiary/aromatic N) is 3. The lowest BCUT2D eigenvalue weighted by Crippen LogP contribution is -2.05. The van der Waals surface area contributed by atoms with E-state index in [1.165, 1.54) is 19.2 Å². The number of methoxy groups -OCH3 is 1. The second-order valence-electron chi connectivity index (χ2n) is 6.14. The van der Waals surface area contributed by atoms with Crippen LogP contribution in [0.15, 0.2) is 48.7 Å². The Hall–Kier alpha value is -3.29. The third-order valence-electron chi connectivity index (χ3n) is 4.42. The molecule has 0 spiro atoms. The topological polar surface area (TPSA) is 49.0 Å². The number of carbonyl (C=O) groups excluding carboxylic acids is 1. The Balaban J connectivity index is 1.97. The predicted octanol–water partition coefficient (Wildman–Crippen LogP) is 4.32. The van der Waals surface area contributed by atoms with Gasteiger partial charge in [0.2, 0.25) is 0 Å². The monoisotopic (exact) mass is 373 g/mol. The minimum Gasteiger partial charge on any atom is -0.465 e. The summed E-state index contributed by atoms with van der Waals surface area (Å²) in [6.07, 6.45) is -2.61. The van der Waals surface area contributed by atoms with Crippen molar-refractivity contribution < 1.29 is 22.7 Å². The van der Waals surface area contributed by atoms with Crippen molar-refractivity contribution in [1.82, 2.24) is 14.3 Å². The zero-order valence-corrected chi connectivity index (χ0v) is 14.4. The van der Waals surface area contributed by atoms with E-state index in [9.17, 15) is 18.0 Å². The van der Waals surface area contributed by atoms with Crippen LogP contribution in [-0.4, -0.2) is 27.4 Å². The molecule has 4 aromatic rings. The zero-order valence-electron chi connectivity index (χ0n) is 14.4. The van der Waals surface area contributed by atoms with Crippen LogP contribution in [0.1, 0.15) is 15.9 Å². The lowest BCUT2D eigenvalue weighted by molar-refractivity contribution is -0.137. The van der Waals surface area contributed by atoms with Gasteiger partial charge in [-0.1, -0.05) is 0 Å². The molecule has 0 aliphatic rings. The number of aromatic nitrogens is 3. The summed E-state index contributed by atoms with van der Waals surface area (Å²) in [7, 11) is 3.06. The maximum Gasteiger partial charge on any atom is 0.416 e. The maximum absolute atomic E-state index is 12.9. The van der Waals surface area contributed by atoms with Crippen molar-refractivity contribution in [1.29, 1.82) is 0 Å². The van der Waals surface area contributed by atoms with E-state index in [0.29, 0.717) is 22.2 Å². The summed E-state index contributed by atoms with van der Waals surface area (Å²) >= 11 is 0. The van der Waals surface area contributed by atoms with Crippen LogP contribution in [0.5, 0.6) is 0 Å². The first-order chi connectivity index (χ1) is 12.8. The van der Waals surface area contributed by atoms with Gasteiger partial charge in [0.05, 0.1) is 29.3 Å². The molecule has 0 N–H and O–H groups in total. The Bertz CT molecular complexity index is 1170. The third-order valence-corrected chi connectivity index (χ3v) is 4.42. The summed E-state index contributed by atoms with van der Waals surface area (Å²) in [5.41, 5.74) is 2.36. The van der Waals surface area contributed by atoms with E-state index in [0.717, 1.165) is 23.2 Å². The van der Waals surface area contributed by atoms with Gasteiger partial charge in [0, 0.05) is 24.3 Å². The van der Waals surface area contributed by atoms with Gasteiger partial charge in [0.15, 0.2) is 0 Å². The number of carbonyl (C=O) groups is 1. The number of benzene rings is 2. The normalized spacial score (nSPS) is 12.0. The Morgan fingerprint density at radius 3 is 2.41 bits per heavy atom. The molecule has 0 fully saturated rings. The molecule has 0 atom stereocenters. The first kappa shape index (κ1) is 17.1. The molecule has 0 aliphatic carbocycles. The van der Waals surface area contributed by atoms with Crippen LogP contribution in [0.2, 0.25) is 0 Å². The van der Waals surface area contributed by atoms with Crippen LogP contribution in [0.25, 0.3) is 27.6 Å². The molecule has 0 unspecified atom stereocenters. The summed E-state index contributed by atoms with van der Waals surface area (Å²) in [6, 6.07) is 9.97. The molecule has 2 aromatic heterocycles. The highest BCUT2D eigenvalue weighted by molar-refractivity contribution is 6.09. The molecule has 138 valence electrons. The van der Waals surface area contributed by atoms with Gasteiger partial charge in [-0.3, -0.25) is 4.68 Å². The average molecular weight is 373 g/mol. The quantitative estimate of drug-likeness (QED) is 0.492. The largest absolute Gasteiger partial charge is 0.465 e. The van der Waals surface area contributed by atoms with E-state index in [2.05, 4.69) is 5.10 Å². The van der Waals surface area contributed by atoms with E-state index in [4.69, 9.17) is 4.74 Å². The highest BCUT2D eigenvalue weighted by Gasteiger charge is 2.30. The number of hydrogen-bond acceptors (Lipinski definition) is 3. The molecular formula is C19H14F3N3O2. The molecule has 5 nitrogen and oxygen atoms in total. The molecule has 0 saturated carbocycles. The number of fused-ring (bicyclic) bond motifs is 3. The van der Waals surface area contributed by atoms with Crippen LogP contribution in [0.3, 0.4) is 0 Å². The number of hydrogen-bond donors (Lipinski definition) is 0. The Morgan fingerprint density at radius 2 is 1.78 bits per heavy atom. The molecule has 0 saturated heterocycles. The molecule has 0 aliphatic heterocycles. The van der Waals surface area contributed by atoms with Crippen LogP contribution in [0, 0.1) is 0 Å². The minimum atomic E-state index is -4.39. The standard InChI is InChI=1S/C19H14F3N3O2/c1-24-10-16-17(23-24)14-9-11(18(26)27-2)3-8-15(14)25(16)13-6-4-12(5-7-13)19(20,21)22/h3-10H,1-2H3. The van der Waals surface area contributed by atoms with Gasteiger partial charge in [-0.25, -0.2) is 4.79 Å². The highest BCUT2D eigenvalue weighted by Crippen LogP contribution is 2.34. The van der Waals surface area contributed by atoms with Gasteiger partial charge in [-0.05, 0) is 42.5 Å². The molecule has 2 aromatic carbocycles. The van der Waals surface area contributed by atoms with Crippen molar-refractivity contribution in [3.63, 3.8) is 0 Å². The van der Waals surface area contributed by atoms with Crippen LogP contribution < -0.4 is 0 Å². The summed E-state index contributed by atoms with van der Waals surface area (Å²) in [5.74, 6) is -0.469. The third kappa shape index (κ3) is 2.73. The Kier molecular flexibility index (Phi) is 3.73. The first-order valence-electron chi connectivity index (χ1n) is 8.03. The second kappa shape index (κ2) is 5.87. The highest BCUT2D eigenvalue weighted by atomic mass is 19.4. The number of ether oxygens (including phenoxy) is 1. The molecule has 0 amide bonds. The number of esters is 1. The number of rotatable bonds is 2. The Morgan fingerprint density at radius 1 is 1.07 bits per heavy atom. The summed E-state index contributed by atoms with van der Waals surface area (Å²) in [5, 5.41) is 5.15. The van der Waals surface area contributed by atoms with Crippen molar-refractivity contribution in [2.45, 2.75) is 6.18 Å². The molecule has 8 heteroatoms. The molecule has 2 heterocycles. The molecule has 0 radical (unpaired) electrons. The SMILES string of the molecule is COC(=O)c1ccc2c(c1)c1nn(C)cc1n2-c1ccc(C(F)(F)F)cc1. The summed E-state index contributed by atoms with van der Waals surface area (Å²) in [6.45, 7) is 0. The number of halogens is 3. The molecule has 0 bridgehead atoms. The smallest absolute Gasteiger partial charge is 0.416 e. The fourth-order valence-corrected chi connectivity index (χ4v) is 3.20. The van der Waals surface area contributed by atoms with Crippen molar-refractivity contribution in [3.05, 3.63) is 59.8 Å². The van der Waals surface area contributed by atoms with Gasteiger partial charge >= 0.3 is 12.1 Å². The van der Waals surface area contributed by atoms with E-state index in [-0.39, 0.29) is 0 Å². The van der Waals surface area contributed by atoms with E-state index in [1.54, 1.807) is 36.1 Å². The number of alkyl halides is 3. The van der Waals surface area contributed by atoms with E-state index in [1.807, 2.05) is 4.57 Å². The van der Waals surface area contributed by atoms with Crippen molar-refractivity contribution in [2.24, 2.45) is 7.05 Å². The van der Waals surface area contributed by atoms with Gasteiger partial charge in [0.25, 0.3) is 0 Å². The summed E-state index contributed by atoms with van der Waals surface area (Å²) < 4.78 is 46.8. The minimum absolute atomic E-state index is 0.377. The van der Waals surface area contributed by atoms with Gasteiger partial charge in [-0.15, -0.1) is 0 Å². The Labute approximate surface area is 151 Å². The van der Waals surface area contributed by atoms with E-state index >= 15 is 0 Å². The van der Waals surface area contributed by atoms with Crippen LogP contribution >= 0.6 is 0 Å². The zero-order chi connectivity index (χ0) is 19.3. The predicted molar refractivity (Wildman–Crippen MR) is 93.9 cm³/mol. The van der Waals surface area contributed by atoms with Crippen molar-refractivity contribution in [3.8, 4) is 5.69 Å². The maximum atomic E-state index is 12.9. The average Bonchev–Trinajstić information content (AvgIpc) is 3.14. The van der Waals surface area contributed by atoms with E-state index < -0.39 is 17.7 Å². The van der Waals surface area contributed by atoms with Gasteiger partial charge < -0.3 is 9.30 Å². The van der Waals surface area contributed by atoms with Gasteiger partial charge in [-0.2, -0.15) is 18.3 Å². The summed E-state index contributed by atoms with van der Waals surface area (Å²) in [4.78, 5) is 11.8. The number of aryl methyl sites for hydroxylation is 1.